The van der Waals surface area contributed by atoms with Crippen molar-refractivity contribution >= 4 is 11.8 Å². The number of nitrogens with two attached hydrogens (primary N) is 1. The fourth-order valence-electron chi connectivity index (χ4n) is 3.53. The molecule has 3 N–H and O–H groups in total. The normalized spacial score (nSPS) is 22.6. The Balaban J connectivity index is 1.62. The maximum absolute atomic E-state index is 12.7. The lowest BCUT2D eigenvalue weighted by Gasteiger charge is -2.46. The van der Waals surface area contributed by atoms with Crippen LogP contribution in [0.2, 0.25) is 0 Å². The summed E-state index contributed by atoms with van der Waals surface area (Å²) in [7, 11) is 0. The standard InChI is InChI=1S/C18H24N2O5/c19-16(22)12-24-14-4-1-3-13(11-14)17(23)20-8-6-18(7-9-20)15(21)5-2-10-25-18/h1,3-4,11,15,21H,2,5-10,12H2,(H2,19,22)/t15-/m1/s1. The van der Waals surface area contributed by atoms with Gasteiger partial charge in [-0.05, 0) is 43.9 Å². The number of benzene rings is 1. The van der Waals surface area contributed by atoms with E-state index in [4.69, 9.17) is 15.2 Å². The minimum atomic E-state index is -0.566. The van der Waals surface area contributed by atoms with Gasteiger partial charge in [-0.15, -0.1) is 0 Å². The largest absolute Gasteiger partial charge is 0.484 e. The zero-order valence-electron chi connectivity index (χ0n) is 14.1. The van der Waals surface area contributed by atoms with Gasteiger partial charge in [0.25, 0.3) is 11.8 Å². The van der Waals surface area contributed by atoms with E-state index in [-0.39, 0.29) is 12.5 Å². The molecule has 1 aromatic carbocycles. The Morgan fingerprint density at radius 1 is 1.36 bits per heavy atom. The van der Waals surface area contributed by atoms with Gasteiger partial charge in [-0.1, -0.05) is 6.07 Å². The molecule has 2 aliphatic rings. The number of hydrogen-bond acceptors (Lipinski definition) is 5. The fraction of sp³-hybridized carbons (Fsp3) is 0.556. The number of aliphatic hydroxyl groups excluding tert-OH is 1. The summed E-state index contributed by atoms with van der Waals surface area (Å²) in [5, 5.41) is 10.3. The molecule has 2 saturated heterocycles. The Kier molecular flexibility index (Phi) is 5.24. The predicted molar refractivity (Wildman–Crippen MR) is 90.2 cm³/mol. The van der Waals surface area contributed by atoms with Crippen molar-refractivity contribution in [3.63, 3.8) is 0 Å². The summed E-state index contributed by atoms with van der Waals surface area (Å²) in [6.45, 7) is 1.54. The SMILES string of the molecule is NC(=O)COc1cccc(C(=O)N2CCC3(CC2)OCCC[C@H]3O)c1. The van der Waals surface area contributed by atoms with Crippen molar-refractivity contribution in [2.45, 2.75) is 37.4 Å². The minimum absolute atomic E-state index is 0.0929. The summed E-state index contributed by atoms with van der Waals surface area (Å²) in [6.07, 6.45) is 2.45. The van der Waals surface area contributed by atoms with Crippen LogP contribution >= 0.6 is 0 Å². The number of primary amides is 1. The van der Waals surface area contributed by atoms with E-state index in [1.807, 2.05) is 0 Å². The van der Waals surface area contributed by atoms with Crippen molar-refractivity contribution in [2.24, 2.45) is 5.73 Å². The lowest BCUT2D eigenvalue weighted by molar-refractivity contribution is -0.174. The summed E-state index contributed by atoms with van der Waals surface area (Å²) in [5.74, 6) is -0.224. The van der Waals surface area contributed by atoms with E-state index in [1.165, 1.54) is 0 Å². The lowest BCUT2D eigenvalue weighted by atomic mass is 9.82. The molecule has 0 aliphatic carbocycles. The number of carbonyl (C=O) groups excluding carboxylic acids is 2. The predicted octanol–water partition coefficient (Wildman–Crippen LogP) is 0.697. The Morgan fingerprint density at radius 2 is 2.12 bits per heavy atom. The van der Waals surface area contributed by atoms with Crippen molar-refractivity contribution in [1.82, 2.24) is 4.90 Å². The second-order valence-corrected chi connectivity index (χ2v) is 6.65. The van der Waals surface area contributed by atoms with Crippen LogP contribution in [0.15, 0.2) is 24.3 Å². The minimum Gasteiger partial charge on any atom is -0.484 e. The van der Waals surface area contributed by atoms with Crippen LogP contribution in [0, 0.1) is 0 Å². The van der Waals surface area contributed by atoms with Crippen LogP contribution in [-0.4, -0.2) is 59.8 Å². The van der Waals surface area contributed by atoms with Crippen LogP contribution < -0.4 is 10.5 Å². The average Bonchev–Trinajstić information content (AvgIpc) is 2.63. The molecule has 0 bridgehead atoms. The number of piperidine rings is 1. The van der Waals surface area contributed by atoms with Gasteiger partial charge in [0, 0.05) is 25.3 Å². The first-order valence-electron chi connectivity index (χ1n) is 8.63. The summed E-state index contributed by atoms with van der Waals surface area (Å²) in [4.78, 5) is 25.3. The Bertz CT molecular complexity index is 640. The number of nitrogens with zero attached hydrogens (tertiary/aromatic N) is 1. The van der Waals surface area contributed by atoms with E-state index in [0.29, 0.717) is 43.9 Å². The third kappa shape index (κ3) is 3.93. The molecule has 136 valence electrons. The summed E-state index contributed by atoms with van der Waals surface area (Å²) in [5.41, 5.74) is 5.07. The molecule has 2 heterocycles. The van der Waals surface area contributed by atoms with Crippen LogP contribution in [0.5, 0.6) is 5.75 Å². The molecule has 1 spiro atoms. The maximum Gasteiger partial charge on any atom is 0.255 e. The smallest absolute Gasteiger partial charge is 0.255 e. The van der Waals surface area contributed by atoms with Gasteiger partial charge in [0.1, 0.15) is 5.75 Å². The van der Waals surface area contributed by atoms with Gasteiger partial charge in [0.05, 0.1) is 11.7 Å². The van der Waals surface area contributed by atoms with Gasteiger partial charge >= 0.3 is 0 Å². The zero-order valence-corrected chi connectivity index (χ0v) is 14.1. The molecule has 0 unspecified atom stereocenters. The molecule has 2 fully saturated rings. The number of rotatable bonds is 4. The quantitative estimate of drug-likeness (QED) is 0.834. The van der Waals surface area contributed by atoms with E-state index in [2.05, 4.69) is 0 Å². The fourth-order valence-corrected chi connectivity index (χ4v) is 3.53. The molecular formula is C18H24N2O5. The van der Waals surface area contributed by atoms with Gasteiger partial charge in [-0.25, -0.2) is 0 Å². The highest BCUT2D eigenvalue weighted by Crippen LogP contribution is 2.35. The van der Waals surface area contributed by atoms with Crippen LogP contribution in [-0.2, 0) is 9.53 Å². The van der Waals surface area contributed by atoms with Crippen molar-refractivity contribution in [2.75, 3.05) is 26.3 Å². The van der Waals surface area contributed by atoms with Crippen LogP contribution in [0.4, 0.5) is 0 Å². The Labute approximate surface area is 146 Å². The Morgan fingerprint density at radius 3 is 2.80 bits per heavy atom. The van der Waals surface area contributed by atoms with E-state index in [0.717, 1.165) is 12.8 Å². The number of likely N-dealkylation sites (tertiary alicyclic amines) is 1. The van der Waals surface area contributed by atoms with Gasteiger partial charge in [-0.2, -0.15) is 0 Å². The molecule has 25 heavy (non-hydrogen) atoms. The number of aliphatic hydroxyl groups is 1. The lowest BCUT2D eigenvalue weighted by Crippen LogP contribution is -2.56. The van der Waals surface area contributed by atoms with Gasteiger partial charge < -0.3 is 25.2 Å². The van der Waals surface area contributed by atoms with Gasteiger partial charge in [0.2, 0.25) is 0 Å². The number of hydrogen-bond donors (Lipinski definition) is 2. The highest BCUT2D eigenvalue weighted by atomic mass is 16.5. The number of amides is 2. The second kappa shape index (κ2) is 7.41. The molecule has 2 amide bonds. The number of ether oxygens (including phenoxy) is 2. The summed E-state index contributed by atoms with van der Waals surface area (Å²) in [6, 6.07) is 6.72. The van der Waals surface area contributed by atoms with Crippen molar-refractivity contribution in [1.29, 1.82) is 0 Å². The first-order chi connectivity index (χ1) is 12.0. The molecule has 7 nitrogen and oxygen atoms in total. The molecule has 1 atom stereocenters. The van der Waals surface area contributed by atoms with Crippen LogP contribution in [0.1, 0.15) is 36.0 Å². The topological polar surface area (TPSA) is 102 Å². The van der Waals surface area contributed by atoms with E-state index in [1.54, 1.807) is 29.2 Å². The van der Waals surface area contributed by atoms with Crippen molar-refractivity contribution < 1.29 is 24.2 Å². The first kappa shape index (κ1) is 17.7. The monoisotopic (exact) mass is 348 g/mol. The average molecular weight is 348 g/mol. The van der Waals surface area contributed by atoms with Gasteiger partial charge in [-0.3, -0.25) is 9.59 Å². The molecule has 0 radical (unpaired) electrons. The van der Waals surface area contributed by atoms with E-state index in [9.17, 15) is 14.7 Å². The molecule has 7 heteroatoms. The van der Waals surface area contributed by atoms with Crippen molar-refractivity contribution in [3.8, 4) is 5.75 Å². The molecule has 2 aliphatic heterocycles. The first-order valence-corrected chi connectivity index (χ1v) is 8.63. The van der Waals surface area contributed by atoms with Gasteiger partial charge in [0.15, 0.2) is 6.61 Å². The maximum atomic E-state index is 12.7. The molecule has 0 aromatic heterocycles. The highest BCUT2D eigenvalue weighted by Gasteiger charge is 2.44. The molecule has 0 saturated carbocycles. The summed E-state index contributed by atoms with van der Waals surface area (Å²) < 4.78 is 11.1. The van der Waals surface area contributed by atoms with Crippen LogP contribution in [0.25, 0.3) is 0 Å². The molecular weight excluding hydrogens is 324 g/mol. The Hall–Kier alpha value is -2.12. The molecule has 1 aromatic rings. The third-order valence-electron chi connectivity index (χ3n) is 4.98. The molecule has 3 rings (SSSR count). The second-order valence-electron chi connectivity index (χ2n) is 6.65. The van der Waals surface area contributed by atoms with Crippen molar-refractivity contribution in [3.05, 3.63) is 29.8 Å². The summed E-state index contributed by atoms with van der Waals surface area (Å²) >= 11 is 0. The zero-order chi connectivity index (χ0) is 17.9. The van der Waals surface area contributed by atoms with E-state index >= 15 is 0 Å². The highest BCUT2D eigenvalue weighted by molar-refractivity contribution is 5.94. The van der Waals surface area contributed by atoms with Crippen LogP contribution in [0.3, 0.4) is 0 Å². The van der Waals surface area contributed by atoms with E-state index < -0.39 is 17.6 Å². The third-order valence-corrected chi connectivity index (χ3v) is 4.98. The number of carbonyl (C=O) groups is 2.